The topological polar surface area (TPSA) is 55.8 Å². The Morgan fingerprint density at radius 3 is 2.44 bits per heavy atom. The molecule has 1 aliphatic rings. The van der Waals surface area contributed by atoms with Crippen molar-refractivity contribution in [2.24, 2.45) is 0 Å². The highest BCUT2D eigenvalue weighted by molar-refractivity contribution is 6.58. The molecule has 1 heterocycles. The number of likely N-dealkylation sites (N-methyl/N-ethyl adjacent to an activating group) is 1. The van der Waals surface area contributed by atoms with Gasteiger partial charge in [0.25, 0.3) is 0 Å². The first-order chi connectivity index (χ1) is 8.52. The highest BCUT2D eigenvalue weighted by Gasteiger charge is 2.33. The van der Waals surface area contributed by atoms with Crippen LogP contribution < -0.4 is 0 Å². The van der Waals surface area contributed by atoms with Gasteiger partial charge in [-0.3, -0.25) is 14.5 Å². The van der Waals surface area contributed by atoms with Gasteiger partial charge in [0.05, 0.1) is 13.1 Å². The van der Waals surface area contributed by atoms with Crippen LogP contribution in [0.3, 0.4) is 0 Å². The summed E-state index contributed by atoms with van der Waals surface area (Å²) in [7, 11) is 0.644. The van der Waals surface area contributed by atoms with Crippen LogP contribution in [-0.2, 0) is 18.9 Å². The second-order valence-corrected chi connectivity index (χ2v) is 4.25. The van der Waals surface area contributed by atoms with Crippen LogP contribution in [0.4, 0.5) is 0 Å². The summed E-state index contributed by atoms with van der Waals surface area (Å²) in [5.74, 6) is -0.861. The van der Waals surface area contributed by atoms with Crippen molar-refractivity contribution in [3.63, 3.8) is 0 Å². The van der Waals surface area contributed by atoms with E-state index in [4.69, 9.17) is 9.31 Å². The van der Waals surface area contributed by atoms with Gasteiger partial charge in [0.1, 0.15) is 0 Å². The Balaban J connectivity index is 2.65. The monoisotopic (exact) mass is 251 g/mol. The number of carbonyl (C=O) groups is 2. The van der Waals surface area contributed by atoms with Crippen LogP contribution in [0.5, 0.6) is 0 Å². The molecule has 0 radical (unpaired) electrons. The molecule has 0 aromatic carbocycles. The third-order valence-corrected chi connectivity index (χ3v) is 2.37. The summed E-state index contributed by atoms with van der Waals surface area (Å²) >= 11 is 0. The fourth-order valence-electron chi connectivity index (χ4n) is 1.47. The average Bonchev–Trinajstić information content (AvgIpc) is 2.25. The molecule has 98 valence electrons. The molecule has 0 aromatic rings. The molecule has 6 heteroatoms. The molecule has 0 spiro atoms. The first-order valence-electron chi connectivity index (χ1n) is 5.95. The molecule has 5 nitrogen and oxygen atoms in total. The van der Waals surface area contributed by atoms with E-state index in [0.717, 1.165) is 12.8 Å². The summed E-state index contributed by atoms with van der Waals surface area (Å²) in [6.07, 6.45) is 5.55. The molecule has 0 unspecified atom stereocenters. The Hall–Kier alpha value is -1.56. The number of hydrogen-bond acceptors (Lipinski definition) is 5. The van der Waals surface area contributed by atoms with Gasteiger partial charge < -0.3 is 9.31 Å². The fraction of sp³-hybridized carbons (Fsp3) is 0.500. The van der Waals surface area contributed by atoms with Crippen LogP contribution in [0.25, 0.3) is 0 Å². The van der Waals surface area contributed by atoms with E-state index in [0.29, 0.717) is 5.47 Å². The van der Waals surface area contributed by atoms with E-state index in [9.17, 15) is 9.59 Å². The number of nitrogens with zero attached hydrogens (tertiary/aromatic N) is 1. The lowest BCUT2D eigenvalue weighted by atomic mass is 9.78. The Kier molecular flexibility index (Phi) is 5.65. The SMILES string of the molecule is C=C(/C=C/CCC)B1OC(=O)CN(C)CC(=O)O1. The van der Waals surface area contributed by atoms with E-state index < -0.39 is 19.1 Å². The maximum atomic E-state index is 11.5. The van der Waals surface area contributed by atoms with E-state index in [1.807, 2.05) is 6.08 Å². The summed E-state index contributed by atoms with van der Waals surface area (Å²) < 4.78 is 10.1. The smallest absolute Gasteiger partial charge is 0.494 e. The van der Waals surface area contributed by atoms with E-state index in [1.54, 1.807) is 13.1 Å². The Morgan fingerprint density at radius 1 is 1.39 bits per heavy atom. The molecule has 0 aromatic heterocycles. The lowest BCUT2D eigenvalue weighted by Crippen LogP contribution is -2.43. The van der Waals surface area contributed by atoms with E-state index in [-0.39, 0.29) is 13.1 Å². The molecule has 0 aliphatic carbocycles. The van der Waals surface area contributed by atoms with Crippen LogP contribution >= 0.6 is 0 Å². The van der Waals surface area contributed by atoms with Gasteiger partial charge in [0.2, 0.25) is 0 Å². The maximum absolute atomic E-state index is 11.5. The van der Waals surface area contributed by atoms with Gasteiger partial charge in [-0.1, -0.05) is 32.1 Å². The van der Waals surface area contributed by atoms with Gasteiger partial charge in [-0.25, -0.2) is 0 Å². The van der Waals surface area contributed by atoms with Crippen LogP contribution in [0.15, 0.2) is 24.2 Å². The fourth-order valence-corrected chi connectivity index (χ4v) is 1.47. The number of unbranched alkanes of at least 4 members (excludes halogenated alkanes) is 1. The number of allylic oxidation sites excluding steroid dienone is 3. The van der Waals surface area contributed by atoms with Gasteiger partial charge in [-0.05, 0) is 13.5 Å². The number of hydrogen-bond donors (Lipinski definition) is 0. The molecule has 1 saturated heterocycles. The third-order valence-electron chi connectivity index (χ3n) is 2.37. The second-order valence-electron chi connectivity index (χ2n) is 4.25. The summed E-state index contributed by atoms with van der Waals surface area (Å²) in [6.45, 7) is 5.94. The predicted octanol–water partition coefficient (Wildman–Crippen LogP) is 0.958. The molecule has 0 atom stereocenters. The first-order valence-corrected chi connectivity index (χ1v) is 5.95. The maximum Gasteiger partial charge on any atom is 0.635 e. The molecule has 0 saturated carbocycles. The second kappa shape index (κ2) is 7.01. The minimum atomic E-state index is -1.01. The summed E-state index contributed by atoms with van der Waals surface area (Å²) in [5, 5.41) is 0. The zero-order valence-corrected chi connectivity index (χ0v) is 10.8. The largest absolute Gasteiger partial charge is 0.635 e. The quantitative estimate of drug-likeness (QED) is 0.550. The standard InChI is InChI=1S/C12H18BNO4/c1-4-5-6-7-10(2)13-17-11(15)8-14(3)9-12(16)18-13/h6-7H,2,4-5,8-9H2,1,3H3/b7-6+. The van der Waals surface area contributed by atoms with E-state index >= 15 is 0 Å². The van der Waals surface area contributed by atoms with Gasteiger partial charge in [-0.15, -0.1) is 0 Å². The van der Waals surface area contributed by atoms with Crippen molar-refractivity contribution in [3.05, 3.63) is 24.2 Å². The number of carbonyl (C=O) groups excluding carboxylic acids is 2. The van der Waals surface area contributed by atoms with Gasteiger partial charge >= 0.3 is 19.1 Å². The van der Waals surface area contributed by atoms with Crippen LogP contribution in [-0.4, -0.2) is 44.1 Å². The minimum absolute atomic E-state index is 0.0670. The van der Waals surface area contributed by atoms with E-state index in [2.05, 4.69) is 13.5 Å². The Bertz CT molecular complexity index is 347. The zero-order chi connectivity index (χ0) is 13.5. The molecular formula is C12H18BNO4. The summed E-state index contributed by atoms with van der Waals surface area (Å²) in [5.41, 5.74) is 0.467. The van der Waals surface area contributed by atoms with Gasteiger partial charge in [0.15, 0.2) is 0 Å². The molecule has 1 rings (SSSR count). The lowest BCUT2D eigenvalue weighted by Gasteiger charge is -2.22. The van der Waals surface area contributed by atoms with Crippen molar-refractivity contribution >= 4 is 19.1 Å². The molecule has 18 heavy (non-hydrogen) atoms. The normalized spacial score (nSPS) is 18.2. The number of rotatable bonds is 4. The van der Waals surface area contributed by atoms with Gasteiger partial charge in [0, 0.05) is 5.47 Å². The summed E-state index contributed by atoms with van der Waals surface area (Å²) in [6, 6.07) is 0. The van der Waals surface area contributed by atoms with Crippen LogP contribution in [0.2, 0.25) is 0 Å². The lowest BCUT2D eigenvalue weighted by molar-refractivity contribution is -0.145. The Labute approximate surface area is 108 Å². The van der Waals surface area contributed by atoms with Crippen molar-refractivity contribution in [1.29, 1.82) is 0 Å². The van der Waals surface area contributed by atoms with Crippen LogP contribution in [0.1, 0.15) is 19.8 Å². The molecular weight excluding hydrogens is 233 g/mol. The molecule has 0 bridgehead atoms. The molecule has 1 fully saturated rings. The highest BCUT2D eigenvalue weighted by Crippen LogP contribution is 2.09. The van der Waals surface area contributed by atoms with E-state index in [1.165, 1.54) is 4.90 Å². The highest BCUT2D eigenvalue weighted by atomic mass is 16.6. The average molecular weight is 251 g/mol. The minimum Gasteiger partial charge on any atom is -0.494 e. The molecule has 1 aliphatic heterocycles. The predicted molar refractivity (Wildman–Crippen MR) is 68.6 cm³/mol. The summed E-state index contributed by atoms with van der Waals surface area (Å²) in [4.78, 5) is 24.5. The molecule has 0 amide bonds. The first kappa shape index (κ1) is 14.5. The van der Waals surface area contributed by atoms with Crippen molar-refractivity contribution < 1.29 is 18.9 Å². The van der Waals surface area contributed by atoms with Crippen LogP contribution in [0, 0.1) is 0 Å². The third kappa shape index (κ3) is 4.75. The van der Waals surface area contributed by atoms with Crippen molar-refractivity contribution in [1.82, 2.24) is 4.90 Å². The Morgan fingerprint density at radius 2 is 1.94 bits per heavy atom. The zero-order valence-electron chi connectivity index (χ0n) is 10.8. The molecule has 0 N–H and O–H groups in total. The van der Waals surface area contributed by atoms with Crippen molar-refractivity contribution in [3.8, 4) is 0 Å². The van der Waals surface area contributed by atoms with Crippen molar-refractivity contribution in [2.75, 3.05) is 20.1 Å². The van der Waals surface area contributed by atoms with Crippen molar-refractivity contribution in [2.45, 2.75) is 19.8 Å². The van der Waals surface area contributed by atoms with Gasteiger partial charge in [-0.2, -0.15) is 0 Å².